The fourth-order valence-corrected chi connectivity index (χ4v) is 3.58. The molecule has 1 aliphatic rings. The van der Waals surface area contributed by atoms with Gasteiger partial charge in [0.1, 0.15) is 0 Å². The molecule has 26 heavy (non-hydrogen) atoms. The molecule has 1 aromatic heterocycles. The van der Waals surface area contributed by atoms with Crippen LogP contribution in [0.4, 0.5) is 5.69 Å². The number of hydrogen-bond donors (Lipinski definition) is 0. The van der Waals surface area contributed by atoms with E-state index in [4.69, 9.17) is 11.6 Å². The van der Waals surface area contributed by atoms with E-state index in [1.54, 1.807) is 0 Å². The maximum atomic E-state index is 6.11. The van der Waals surface area contributed by atoms with E-state index >= 15 is 0 Å². The van der Waals surface area contributed by atoms with E-state index in [1.165, 1.54) is 5.69 Å². The number of rotatable bonds is 5. The van der Waals surface area contributed by atoms with Gasteiger partial charge in [-0.1, -0.05) is 53.2 Å². The molecular formula is C20H22ClN5. The summed E-state index contributed by atoms with van der Waals surface area (Å²) < 4.78 is 2.00. The second-order valence-electron chi connectivity index (χ2n) is 6.52. The molecule has 4 rings (SSSR count). The van der Waals surface area contributed by atoms with Crippen molar-refractivity contribution >= 4 is 17.3 Å². The summed E-state index contributed by atoms with van der Waals surface area (Å²) in [5, 5.41) is 9.16. The van der Waals surface area contributed by atoms with Crippen molar-refractivity contribution < 1.29 is 0 Å². The molecule has 1 aliphatic heterocycles. The maximum Gasteiger partial charge on any atom is 0.0886 e. The quantitative estimate of drug-likeness (QED) is 0.692. The van der Waals surface area contributed by atoms with Crippen molar-refractivity contribution in [1.82, 2.24) is 19.9 Å². The van der Waals surface area contributed by atoms with Crippen molar-refractivity contribution in [3.63, 3.8) is 0 Å². The van der Waals surface area contributed by atoms with Crippen LogP contribution in [-0.2, 0) is 6.54 Å². The van der Waals surface area contributed by atoms with E-state index in [0.717, 1.165) is 55.5 Å². The first kappa shape index (κ1) is 17.1. The number of halogens is 1. The summed E-state index contributed by atoms with van der Waals surface area (Å²) in [4.78, 5) is 4.88. The third kappa shape index (κ3) is 3.89. The van der Waals surface area contributed by atoms with Crippen LogP contribution in [0.3, 0.4) is 0 Å². The Balaban J connectivity index is 1.33. The predicted octanol–water partition coefficient (Wildman–Crippen LogP) is 3.42. The molecule has 6 heteroatoms. The van der Waals surface area contributed by atoms with Crippen LogP contribution >= 0.6 is 11.6 Å². The zero-order valence-corrected chi connectivity index (χ0v) is 15.4. The van der Waals surface area contributed by atoms with Crippen molar-refractivity contribution in [2.24, 2.45) is 0 Å². The lowest BCUT2D eigenvalue weighted by molar-refractivity contribution is 0.244. The fraction of sp³-hybridized carbons (Fsp3) is 0.300. The fourth-order valence-electron chi connectivity index (χ4n) is 3.39. The van der Waals surface area contributed by atoms with Gasteiger partial charge in [-0.25, -0.2) is 4.68 Å². The molecule has 2 aromatic carbocycles. The van der Waals surface area contributed by atoms with Gasteiger partial charge in [0.05, 0.1) is 18.4 Å². The molecule has 0 atom stereocenters. The highest BCUT2D eigenvalue weighted by Gasteiger charge is 2.17. The first-order chi connectivity index (χ1) is 12.8. The van der Waals surface area contributed by atoms with Crippen molar-refractivity contribution in [1.29, 1.82) is 0 Å². The summed E-state index contributed by atoms with van der Waals surface area (Å²) >= 11 is 6.11. The summed E-state index contributed by atoms with van der Waals surface area (Å²) in [6.45, 7) is 5.95. The minimum Gasteiger partial charge on any atom is -0.369 e. The highest BCUT2D eigenvalue weighted by Crippen LogP contribution is 2.21. The van der Waals surface area contributed by atoms with Crippen LogP contribution < -0.4 is 4.90 Å². The van der Waals surface area contributed by atoms with Crippen molar-refractivity contribution in [3.8, 4) is 11.3 Å². The topological polar surface area (TPSA) is 37.2 Å². The molecule has 0 amide bonds. The Morgan fingerprint density at radius 3 is 2.46 bits per heavy atom. The molecule has 0 bridgehead atoms. The van der Waals surface area contributed by atoms with Crippen molar-refractivity contribution in [2.75, 3.05) is 37.6 Å². The van der Waals surface area contributed by atoms with Gasteiger partial charge >= 0.3 is 0 Å². The van der Waals surface area contributed by atoms with Crippen LogP contribution in [0.2, 0.25) is 5.02 Å². The molecule has 0 N–H and O–H groups in total. The third-order valence-corrected chi connectivity index (χ3v) is 5.10. The lowest BCUT2D eigenvalue weighted by Crippen LogP contribution is -2.47. The Morgan fingerprint density at radius 2 is 1.69 bits per heavy atom. The van der Waals surface area contributed by atoms with Crippen LogP contribution in [0.25, 0.3) is 11.3 Å². The lowest BCUT2D eigenvalue weighted by atomic mass is 10.2. The number of anilines is 1. The van der Waals surface area contributed by atoms with Gasteiger partial charge in [0, 0.05) is 49.0 Å². The zero-order valence-electron chi connectivity index (χ0n) is 14.6. The smallest absolute Gasteiger partial charge is 0.0886 e. The molecule has 134 valence electrons. The highest BCUT2D eigenvalue weighted by atomic mass is 35.5. The SMILES string of the molecule is Clc1cccc(N2CCN(CCn3nncc3-c3ccccc3)CC2)c1. The first-order valence-corrected chi connectivity index (χ1v) is 9.34. The van der Waals surface area contributed by atoms with Gasteiger partial charge in [-0.05, 0) is 18.2 Å². The highest BCUT2D eigenvalue weighted by molar-refractivity contribution is 6.30. The predicted molar refractivity (Wildman–Crippen MR) is 106 cm³/mol. The average molecular weight is 368 g/mol. The minimum absolute atomic E-state index is 0.796. The summed E-state index contributed by atoms with van der Waals surface area (Å²) in [5.41, 5.74) is 3.44. The van der Waals surface area contributed by atoms with Crippen LogP contribution in [-0.4, -0.2) is 52.6 Å². The summed E-state index contributed by atoms with van der Waals surface area (Å²) in [5.74, 6) is 0. The molecular weight excluding hydrogens is 346 g/mol. The molecule has 2 heterocycles. The Morgan fingerprint density at radius 1 is 0.885 bits per heavy atom. The van der Waals surface area contributed by atoms with E-state index in [0.29, 0.717) is 0 Å². The Hall–Kier alpha value is -2.37. The Bertz CT molecular complexity index is 840. The average Bonchev–Trinajstić information content (AvgIpc) is 3.16. The molecule has 3 aromatic rings. The zero-order chi connectivity index (χ0) is 17.8. The van der Waals surface area contributed by atoms with Gasteiger partial charge in [0.25, 0.3) is 0 Å². The Kier molecular flexibility index (Phi) is 5.18. The normalized spacial score (nSPS) is 15.3. The summed E-state index contributed by atoms with van der Waals surface area (Å²) in [7, 11) is 0. The third-order valence-electron chi connectivity index (χ3n) is 4.86. The molecule has 5 nitrogen and oxygen atoms in total. The lowest BCUT2D eigenvalue weighted by Gasteiger charge is -2.36. The molecule has 1 fully saturated rings. The monoisotopic (exact) mass is 367 g/mol. The van der Waals surface area contributed by atoms with E-state index in [9.17, 15) is 0 Å². The Labute approximate surface area is 158 Å². The molecule has 0 saturated carbocycles. The second kappa shape index (κ2) is 7.89. The largest absolute Gasteiger partial charge is 0.369 e. The van der Waals surface area contributed by atoms with Crippen LogP contribution in [0, 0.1) is 0 Å². The second-order valence-corrected chi connectivity index (χ2v) is 6.95. The van der Waals surface area contributed by atoms with Gasteiger partial charge in [0.15, 0.2) is 0 Å². The van der Waals surface area contributed by atoms with Crippen molar-refractivity contribution in [2.45, 2.75) is 6.54 Å². The molecule has 0 unspecified atom stereocenters. The van der Waals surface area contributed by atoms with E-state index in [1.807, 2.05) is 47.3 Å². The van der Waals surface area contributed by atoms with Crippen LogP contribution in [0.5, 0.6) is 0 Å². The number of benzene rings is 2. The summed E-state index contributed by atoms with van der Waals surface area (Å²) in [6, 6.07) is 18.4. The number of aromatic nitrogens is 3. The standard InChI is InChI=1S/C20H22ClN5/c21-18-7-4-8-19(15-18)25-12-9-24(10-13-25)11-14-26-20(16-22-23-26)17-5-2-1-3-6-17/h1-8,15-16H,9-14H2. The van der Waals surface area contributed by atoms with E-state index in [-0.39, 0.29) is 0 Å². The van der Waals surface area contributed by atoms with Gasteiger partial charge in [-0.3, -0.25) is 4.90 Å². The minimum atomic E-state index is 0.796. The number of nitrogens with zero attached hydrogens (tertiary/aromatic N) is 5. The first-order valence-electron chi connectivity index (χ1n) is 8.96. The van der Waals surface area contributed by atoms with Gasteiger partial charge in [-0.15, -0.1) is 5.10 Å². The number of piperazine rings is 1. The van der Waals surface area contributed by atoms with E-state index < -0.39 is 0 Å². The summed E-state index contributed by atoms with van der Waals surface area (Å²) in [6.07, 6.45) is 1.84. The van der Waals surface area contributed by atoms with Crippen molar-refractivity contribution in [3.05, 3.63) is 65.8 Å². The van der Waals surface area contributed by atoms with Crippen LogP contribution in [0.15, 0.2) is 60.8 Å². The molecule has 1 saturated heterocycles. The van der Waals surface area contributed by atoms with Gasteiger partial charge in [-0.2, -0.15) is 0 Å². The maximum absolute atomic E-state index is 6.11. The molecule has 0 radical (unpaired) electrons. The van der Waals surface area contributed by atoms with Gasteiger partial charge < -0.3 is 4.90 Å². The van der Waals surface area contributed by atoms with Gasteiger partial charge in [0.2, 0.25) is 0 Å². The number of hydrogen-bond acceptors (Lipinski definition) is 4. The van der Waals surface area contributed by atoms with E-state index in [2.05, 4.69) is 38.3 Å². The molecule has 0 aliphatic carbocycles. The van der Waals surface area contributed by atoms with Crippen LogP contribution in [0.1, 0.15) is 0 Å². The molecule has 0 spiro atoms.